The largest absolute Gasteiger partial charge is 0.481 e. The van der Waals surface area contributed by atoms with E-state index in [1.54, 1.807) is 20.8 Å². The van der Waals surface area contributed by atoms with Crippen molar-refractivity contribution in [2.75, 3.05) is 0 Å². The number of carbonyl (C=O) groups is 1. The van der Waals surface area contributed by atoms with Crippen LogP contribution in [0.3, 0.4) is 0 Å². The molecule has 7 heteroatoms. The van der Waals surface area contributed by atoms with Gasteiger partial charge in [0.25, 0.3) is 10.0 Å². The Bertz CT molecular complexity index is 573. The molecule has 1 aromatic heterocycles. The molecule has 0 fully saturated rings. The maximum atomic E-state index is 12.3. The number of hydrogen-bond acceptors (Lipinski definition) is 4. The predicted molar refractivity (Wildman–Crippen MR) is 75.1 cm³/mol. The smallest absolute Gasteiger partial charge is 0.303 e. The molecule has 0 bridgehead atoms. The highest BCUT2D eigenvalue weighted by Gasteiger charge is 2.28. The number of aryl methyl sites for hydroxylation is 2. The second-order valence-electron chi connectivity index (χ2n) is 5.21. The quantitative estimate of drug-likeness (QED) is 0.844. The van der Waals surface area contributed by atoms with Gasteiger partial charge in [-0.2, -0.15) is 0 Å². The fourth-order valence-corrected chi connectivity index (χ4v) is 4.88. The summed E-state index contributed by atoms with van der Waals surface area (Å²) in [6.07, 6.45) is 0.170. The minimum atomic E-state index is -3.60. The monoisotopic (exact) mass is 305 g/mol. The van der Waals surface area contributed by atoms with Gasteiger partial charge in [-0.1, -0.05) is 0 Å². The number of hydrogen-bond donors (Lipinski definition) is 2. The second kappa shape index (κ2) is 5.60. The van der Waals surface area contributed by atoms with Gasteiger partial charge in [0.05, 0.1) is 0 Å². The van der Waals surface area contributed by atoms with Gasteiger partial charge in [0.2, 0.25) is 0 Å². The van der Waals surface area contributed by atoms with Gasteiger partial charge < -0.3 is 5.11 Å². The van der Waals surface area contributed by atoms with Gasteiger partial charge in [0, 0.05) is 16.8 Å². The molecular weight excluding hydrogens is 286 g/mol. The highest BCUT2D eigenvalue weighted by Crippen LogP contribution is 2.27. The topological polar surface area (TPSA) is 83.5 Å². The van der Waals surface area contributed by atoms with E-state index in [1.807, 2.05) is 13.0 Å². The highest BCUT2D eigenvalue weighted by molar-refractivity contribution is 7.91. The third kappa shape index (κ3) is 4.59. The average Bonchev–Trinajstić information content (AvgIpc) is 2.54. The lowest BCUT2D eigenvalue weighted by molar-refractivity contribution is -0.137. The molecule has 0 aliphatic rings. The standard InChI is InChI=1S/C12H19NO4S2/c1-8-7-9(2)18-11(8)19(16,17)13-12(3,4)6-5-10(14)15/h7,13H,5-6H2,1-4H3,(H,14,15). The minimum Gasteiger partial charge on any atom is -0.481 e. The number of aliphatic carboxylic acids is 1. The van der Waals surface area contributed by atoms with Crippen LogP contribution in [0.25, 0.3) is 0 Å². The SMILES string of the molecule is Cc1cc(C)c(S(=O)(=O)NC(C)(C)CCC(=O)O)s1. The Morgan fingerprint density at radius 2 is 2.00 bits per heavy atom. The zero-order valence-corrected chi connectivity index (χ0v) is 13.1. The molecule has 2 N–H and O–H groups in total. The van der Waals surface area contributed by atoms with Crippen LogP contribution in [0.5, 0.6) is 0 Å². The van der Waals surface area contributed by atoms with Crippen LogP contribution in [0.15, 0.2) is 10.3 Å². The number of thiophene rings is 1. The summed E-state index contributed by atoms with van der Waals surface area (Å²) in [5.41, 5.74) is -0.0781. The van der Waals surface area contributed by atoms with Crippen LogP contribution in [0, 0.1) is 13.8 Å². The number of carboxylic acids is 1. The molecule has 0 aliphatic heterocycles. The van der Waals surface area contributed by atoms with Crippen molar-refractivity contribution in [3.63, 3.8) is 0 Å². The van der Waals surface area contributed by atoms with Crippen molar-refractivity contribution in [1.29, 1.82) is 0 Å². The van der Waals surface area contributed by atoms with Crippen molar-refractivity contribution in [3.05, 3.63) is 16.5 Å². The number of rotatable bonds is 6. The van der Waals surface area contributed by atoms with Gasteiger partial charge in [-0.3, -0.25) is 4.79 Å². The summed E-state index contributed by atoms with van der Waals surface area (Å²) in [6, 6.07) is 1.82. The normalized spacial score (nSPS) is 12.6. The van der Waals surface area contributed by atoms with Gasteiger partial charge in [0.1, 0.15) is 4.21 Å². The molecule has 19 heavy (non-hydrogen) atoms. The molecule has 0 amide bonds. The first-order chi connectivity index (χ1) is 8.53. The van der Waals surface area contributed by atoms with E-state index in [4.69, 9.17) is 5.11 Å². The van der Waals surface area contributed by atoms with E-state index >= 15 is 0 Å². The van der Waals surface area contributed by atoms with Crippen LogP contribution in [0.1, 0.15) is 37.1 Å². The van der Waals surface area contributed by atoms with Gasteiger partial charge in [0.15, 0.2) is 0 Å². The van der Waals surface area contributed by atoms with Crippen molar-refractivity contribution in [1.82, 2.24) is 4.72 Å². The molecule has 0 aromatic carbocycles. The van der Waals surface area contributed by atoms with Crippen molar-refractivity contribution in [2.24, 2.45) is 0 Å². The van der Waals surface area contributed by atoms with E-state index in [2.05, 4.69) is 4.72 Å². The lowest BCUT2D eigenvalue weighted by Gasteiger charge is -2.25. The maximum Gasteiger partial charge on any atom is 0.303 e. The summed E-state index contributed by atoms with van der Waals surface area (Å²) in [6.45, 7) is 6.97. The molecule has 0 unspecified atom stereocenters. The van der Waals surface area contributed by atoms with Crippen molar-refractivity contribution < 1.29 is 18.3 Å². The third-order valence-corrected chi connectivity index (χ3v) is 6.10. The van der Waals surface area contributed by atoms with E-state index in [-0.39, 0.29) is 12.8 Å². The first-order valence-corrected chi connectivity index (χ1v) is 8.16. The Kier molecular flexibility index (Phi) is 4.76. The Morgan fingerprint density at radius 3 is 2.42 bits per heavy atom. The van der Waals surface area contributed by atoms with Gasteiger partial charge in [-0.05, 0) is 45.7 Å². The summed E-state index contributed by atoms with van der Waals surface area (Å²) in [7, 11) is -3.60. The van der Waals surface area contributed by atoms with Crippen LogP contribution >= 0.6 is 11.3 Å². The number of nitrogens with one attached hydrogen (secondary N) is 1. The molecular formula is C12H19NO4S2. The predicted octanol–water partition coefficient (Wildman–Crippen LogP) is 2.29. The van der Waals surface area contributed by atoms with Crippen molar-refractivity contribution in [3.8, 4) is 0 Å². The summed E-state index contributed by atoms with van der Waals surface area (Å²) in [5.74, 6) is -0.935. The third-order valence-electron chi connectivity index (χ3n) is 2.61. The summed E-state index contributed by atoms with van der Waals surface area (Å²) < 4.78 is 27.4. The summed E-state index contributed by atoms with van der Waals surface area (Å²) in [5, 5.41) is 8.66. The van der Waals surface area contributed by atoms with E-state index in [0.717, 1.165) is 4.88 Å². The molecule has 0 aliphatic carbocycles. The Hall–Kier alpha value is -0.920. The first kappa shape index (κ1) is 16.1. The summed E-state index contributed by atoms with van der Waals surface area (Å²) in [4.78, 5) is 11.5. The van der Waals surface area contributed by atoms with Crippen LogP contribution in [-0.2, 0) is 14.8 Å². The second-order valence-corrected chi connectivity index (χ2v) is 8.34. The van der Waals surface area contributed by atoms with Crippen molar-refractivity contribution >= 4 is 27.3 Å². The highest BCUT2D eigenvalue weighted by atomic mass is 32.2. The molecule has 1 heterocycles. The summed E-state index contributed by atoms with van der Waals surface area (Å²) >= 11 is 1.22. The molecule has 1 rings (SSSR count). The molecule has 0 saturated carbocycles. The molecule has 0 atom stereocenters. The van der Waals surface area contributed by atoms with Crippen LogP contribution < -0.4 is 4.72 Å². The molecule has 5 nitrogen and oxygen atoms in total. The van der Waals surface area contributed by atoms with Gasteiger partial charge in [-0.15, -0.1) is 11.3 Å². The molecule has 108 valence electrons. The van der Waals surface area contributed by atoms with E-state index in [9.17, 15) is 13.2 Å². The Balaban J connectivity index is 2.90. The number of carboxylic acid groups (broad SMARTS) is 1. The van der Waals surface area contributed by atoms with Crippen LogP contribution in [0.2, 0.25) is 0 Å². The average molecular weight is 305 g/mol. The lowest BCUT2D eigenvalue weighted by Crippen LogP contribution is -2.43. The first-order valence-electron chi connectivity index (χ1n) is 5.86. The zero-order valence-electron chi connectivity index (χ0n) is 11.5. The van der Waals surface area contributed by atoms with Gasteiger partial charge >= 0.3 is 5.97 Å². The van der Waals surface area contributed by atoms with Crippen molar-refractivity contribution in [2.45, 2.75) is 50.3 Å². The van der Waals surface area contributed by atoms with E-state index in [1.165, 1.54) is 11.3 Å². The lowest BCUT2D eigenvalue weighted by atomic mass is 10.0. The molecule has 0 saturated heterocycles. The van der Waals surface area contributed by atoms with Gasteiger partial charge in [-0.25, -0.2) is 13.1 Å². The number of sulfonamides is 1. The maximum absolute atomic E-state index is 12.3. The molecule has 0 spiro atoms. The molecule has 1 aromatic rings. The van der Waals surface area contributed by atoms with Crippen LogP contribution in [0.4, 0.5) is 0 Å². The Morgan fingerprint density at radius 1 is 1.42 bits per heavy atom. The van der Waals surface area contributed by atoms with E-state index in [0.29, 0.717) is 9.77 Å². The van der Waals surface area contributed by atoms with Crippen LogP contribution in [-0.4, -0.2) is 25.0 Å². The van der Waals surface area contributed by atoms with E-state index < -0.39 is 21.5 Å². The molecule has 0 radical (unpaired) electrons. The fourth-order valence-electron chi connectivity index (χ4n) is 1.77. The minimum absolute atomic E-state index is 0.0715. The Labute approximate surface area is 117 Å². The zero-order chi connectivity index (χ0) is 14.8. The fraction of sp³-hybridized carbons (Fsp3) is 0.583.